The van der Waals surface area contributed by atoms with Gasteiger partial charge in [0.15, 0.2) is 0 Å². The van der Waals surface area contributed by atoms with E-state index in [1.165, 1.54) is 12.4 Å². The predicted octanol–water partition coefficient (Wildman–Crippen LogP) is 14.4. The van der Waals surface area contributed by atoms with Crippen molar-refractivity contribution in [2.45, 2.75) is 203 Å². The second-order valence-corrected chi connectivity index (χ2v) is 33.7. The summed E-state index contributed by atoms with van der Waals surface area (Å²) < 4.78 is 13.6. The number of aromatic nitrogens is 17. The first-order valence-electron chi connectivity index (χ1n) is 41.1. The molecule has 0 atom stereocenters. The third-order valence-electron chi connectivity index (χ3n) is 23.2. The fourth-order valence-corrected chi connectivity index (χ4v) is 17.4. The molecule has 0 radical (unpaired) electrons. The highest BCUT2D eigenvalue weighted by Crippen LogP contribution is 2.38. The molecule has 10 N–H and O–H groups in total. The van der Waals surface area contributed by atoms with Gasteiger partial charge in [-0.2, -0.15) is 0 Å². The molecule has 0 unspecified atom stereocenters. The number of carbonyl (C=O) groups excluding carboxylic acids is 1. The van der Waals surface area contributed by atoms with E-state index in [4.69, 9.17) is 78.6 Å². The fraction of sp³-hybridized carbons (Fsp3) is 0.425. The van der Waals surface area contributed by atoms with Crippen molar-refractivity contribution in [3.05, 3.63) is 178 Å². The van der Waals surface area contributed by atoms with E-state index in [9.17, 15) is 49.5 Å². The molecule has 124 heavy (non-hydrogen) atoms. The third-order valence-corrected chi connectivity index (χ3v) is 24.5. The Morgan fingerprint density at radius 3 is 1.32 bits per heavy atom. The van der Waals surface area contributed by atoms with Crippen LogP contribution in [0, 0.1) is 0 Å². The summed E-state index contributed by atoms with van der Waals surface area (Å²) in [5.41, 5.74) is 18.5. The van der Waals surface area contributed by atoms with E-state index in [0.717, 1.165) is 138 Å². The quantitative estimate of drug-likeness (QED) is 0.0453. The van der Waals surface area contributed by atoms with Crippen LogP contribution in [0.5, 0.6) is 0 Å². The van der Waals surface area contributed by atoms with Gasteiger partial charge in [0.05, 0.1) is 138 Å². The summed E-state index contributed by atoms with van der Waals surface area (Å²) in [6.07, 6.45) is 24.2. The van der Waals surface area contributed by atoms with Crippen molar-refractivity contribution < 1.29 is 45.0 Å². The largest absolute Gasteiger partial charge is 0.478 e. The summed E-state index contributed by atoms with van der Waals surface area (Å²) in [6, 6.07) is 22.1. The predicted molar refractivity (Wildman–Crippen MR) is 482 cm³/mol. The molecular formula is C87H99Cl5N20O12. The van der Waals surface area contributed by atoms with Gasteiger partial charge in [-0.15, -0.1) is 0 Å². The molecule has 37 heteroatoms. The van der Waals surface area contributed by atoms with Crippen LogP contribution in [-0.2, 0) is 18.8 Å². The molecule has 0 aliphatic heterocycles. The fourth-order valence-electron chi connectivity index (χ4n) is 16.6. The maximum atomic E-state index is 13.2. The van der Waals surface area contributed by atoms with Gasteiger partial charge >= 0.3 is 29.0 Å². The van der Waals surface area contributed by atoms with E-state index in [1.807, 2.05) is 64.7 Å². The van der Waals surface area contributed by atoms with Gasteiger partial charge in [0.25, 0.3) is 0 Å². The smallest absolute Gasteiger partial charge is 0.341 e. The number of fused-ring (bicyclic) bond motifs is 11. The van der Waals surface area contributed by atoms with Gasteiger partial charge in [0.1, 0.15) is 59.6 Å². The molecule has 14 aromatic heterocycles. The summed E-state index contributed by atoms with van der Waals surface area (Å²) in [4.78, 5) is 114. The van der Waals surface area contributed by atoms with E-state index in [-0.39, 0.29) is 102 Å². The number of halogens is 5. The van der Waals surface area contributed by atoms with E-state index < -0.39 is 11.9 Å². The number of carbonyl (C=O) groups is 2. The van der Waals surface area contributed by atoms with Crippen LogP contribution >= 0.6 is 58.0 Å². The molecule has 0 amide bonds. The molecule has 654 valence electrons. The van der Waals surface area contributed by atoms with Crippen LogP contribution in [0.2, 0.25) is 25.6 Å². The number of pyridine rings is 11. The van der Waals surface area contributed by atoms with Gasteiger partial charge in [-0.3, -0.25) is 47.8 Å². The maximum Gasteiger partial charge on any atom is 0.341 e. The van der Waals surface area contributed by atoms with Crippen molar-refractivity contribution in [1.29, 1.82) is 0 Å². The van der Waals surface area contributed by atoms with Crippen LogP contribution in [0.4, 0.5) is 11.5 Å². The number of H-pyrrole nitrogens is 1. The molecule has 19 rings (SSSR count). The zero-order valence-corrected chi connectivity index (χ0v) is 72.0. The Morgan fingerprint density at radius 1 is 0.476 bits per heavy atom. The van der Waals surface area contributed by atoms with Gasteiger partial charge in [-0.1, -0.05) is 65.4 Å². The summed E-state index contributed by atoms with van der Waals surface area (Å²) in [5.74, 6) is -0.701. The molecule has 5 saturated carbocycles. The Kier molecular flexibility index (Phi) is 29.6. The van der Waals surface area contributed by atoms with E-state index in [0.29, 0.717) is 128 Å². The first kappa shape index (κ1) is 91.2. The zero-order chi connectivity index (χ0) is 87.2. The van der Waals surface area contributed by atoms with Gasteiger partial charge in [-0.05, 0) is 208 Å². The Bertz CT molecular complexity index is 6380. The molecule has 0 bridgehead atoms. The molecule has 5 fully saturated rings. The van der Waals surface area contributed by atoms with Crippen LogP contribution < -0.4 is 33.0 Å². The standard InChI is InChI=1S/C23H26N6O2.C16H17ClN4O2.C15H15ClN4O2.C15H16ClN3O3.C11H8Cl2N2O2.C6H13NO.CH4/c1-27(2)20-11-4-14(12-25-20)17-9-10-18-21(26-17)22-19(13-24-18)28(3)23(31)29(22)15-5-7-16(30)8-6-15;1-20-12-8-18-11-6-7-13(17)19-14(11)15(12)21(16(20)23)9-2-4-10(22)5-3-9;16-12-6-5-10-13(19-12)14-11(7-17-10)18-15(22)20(14)8-1-3-9(21)4-2-8;16-12-6-5-11-14(19-12)13(10(7-17-11)15(21)22)18-8-1-3-9(20)4-2-8;1-2-17-11(16)6-5-14-7-3-4-8(12)15-10(7)9(6)13;7-5-1-3-6(8)4-2-5;/h4,9-13,15-16,30H,5-8H2,1-3H3;6-10,22H,2-5H2,1H3;5-9,21H,1-4H2,(H,18,22);5-9,20H,1-4H2,(H,17,18)(H,21,22);3-5H,2H2,1H3;5-6,8H,1-4,7H2;1H4. The second-order valence-electron chi connectivity index (χ2n) is 31.8. The van der Waals surface area contributed by atoms with Crippen LogP contribution in [-0.4, -0.2) is 189 Å². The number of nitrogens with one attached hydrogen (secondary N) is 2. The normalized spacial score (nSPS) is 20.7. The lowest BCUT2D eigenvalue weighted by Crippen LogP contribution is -2.29. The topological polar surface area (TPSA) is 439 Å². The lowest BCUT2D eigenvalue weighted by atomic mass is 9.92. The number of esters is 1. The molecule has 32 nitrogen and oxygen atoms in total. The van der Waals surface area contributed by atoms with Gasteiger partial charge in [-0.25, -0.2) is 53.9 Å². The van der Waals surface area contributed by atoms with Crippen molar-refractivity contribution in [3.8, 4) is 11.3 Å². The summed E-state index contributed by atoms with van der Waals surface area (Å²) in [7, 11) is 7.44. The average molecular weight is 1790 g/mol. The number of ether oxygens (including phenoxy) is 1. The highest BCUT2D eigenvalue weighted by molar-refractivity contribution is 6.38. The molecule has 5 aliphatic carbocycles. The third kappa shape index (κ3) is 20.4. The number of nitrogens with zero attached hydrogens (tertiary/aromatic N) is 17. The van der Waals surface area contributed by atoms with Crippen molar-refractivity contribution in [3.63, 3.8) is 0 Å². The van der Waals surface area contributed by atoms with E-state index >= 15 is 0 Å². The van der Waals surface area contributed by atoms with Gasteiger partial charge in [0, 0.05) is 82.6 Å². The summed E-state index contributed by atoms with van der Waals surface area (Å²) >= 11 is 29.9. The number of carboxylic acids is 1. The van der Waals surface area contributed by atoms with Crippen molar-refractivity contribution >= 4 is 170 Å². The number of nitrogens with two attached hydrogens (primary N) is 1. The van der Waals surface area contributed by atoms with Gasteiger partial charge in [0.2, 0.25) is 0 Å². The number of imidazole rings is 3. The number of hydrogen-bond donors (Lipinski definition) is 9. The van der Waals surface area contributed by atoms with Crippen LogP contribution in [0.3, 0.4) is 0 Å². The van der Waals surface area contributed by atoms with Crippen LogP contribution in [0.15, 0.2) is 124 Å². The summed E-state index contributed by atoms with van der Waals surface area (Å²) in [5, 5.41) is 62.1. The number of hydrogen-bond acceptors (Lipinski definition) is 25. The first-order valence-corrected chi connectivity index (χ1v) is 43.0. The molecule has 14 heterocycles. The number of aliphatic hydroxyl groups is 5. The number of carboxylic acid groups (broad SMARTS) is 1. The molecule has 0 saturated heterocycles. The van der Waals surface area contributed by atoms with Crippen LogP contribution in [0.1, 0.15) is 182 Å². The van der Waals surface area contributed by atoms with Crippen molar-refractivity contribution in [2.75, 3.05) is 30.9 Å². The highest BCUT2D eigenvalue weighted by Gasteiger charge is 2.32. The molecule has 5 aliphatic rings. The molecule has 14 aromatic rings. The number of rotatable bonds is 10. The number of aromatic amines is 1. The minimum absolute atomic E-state index is 0. The second kappa shape index (κ2) is 40.2. The molecule has 0 aromatic carbocycles. The van der Waals surface area contributed by atoms with E-state index in [2.05, 4.69) is 60.1 Å². The number of aromatic carboxylic acids is 1. The maximum absolute atomic E-state index is 13.2. The van der Waals surface area contributed by atoms with Crippen molar-refractivity contribution in [2.24, 2.45) is 19.8 Å². The number of aryl methyl sites for hydroxylation is 2. The minimum Gasteiger partial charge on any atom is -0.478 e. The monoisotopic (exact) mass is 1790 g/mol. The molecular weight excluding hydrogens is 1690 g/mol. The minimum atomic E-state index is -1.06. The Morgan fingerprint density at radius 2 is 0.871 bits per heavy atom. The molecule has 0 spiro atoms. The lowest BCUT2D eigenvalue weighted by molar-refractivity contribution is 0.0525. The zero-order valence-electron chi connectivity index (χ0n) is 68.2. The highest BCUT2D eigenvalue weighted by atomic mass is 35.5. The van der Waals surface area contributed by atoms with E-state index in [1.54, 1.807) is 95.8 Å². The Labute approximate surface area is 736 Å². The summed E-state index contributed by atoms with van der Waals surface area (Å²) in [6.45, 7) is 1.99. The lowest BCUT2D eigenvalue weighted by Gasteiger charge is -2.27. The van der Waals surface area contributed by atoms with Gasteiger partial charge < -0.3 is 56.3 Å². The van der Waals surface area contributed by atoms with Crippen molar-refractivity contribution in [1.82, 2.24) is 82.6 Å². The number of aliphatic hydroxyl groups excluding tert-OH is 5. The SMILES string of the molecule is C.CCOC(=O)c1cnc2ccc(Cl)nc2c1Cl.CN(C)c1ccc(-c2ccc3ncc4c(c3n2)n(C2CCC(O)CC2)c(=O)n4C)cn1.Cn1c(=O)n(C2CCC(O)CC2)c2c3nc(Cl)ccc3ncc21.NC1CCC(O)CC1.O=C(O)c1cnc2ccc(Cl)nc2c1NC1CCC(O)CC1.O=c1[nH]c2cnc3ccc(Cl)nc3c2n1C1CCC(O)CC1. The van der Waals surface area contributed by atoms with Crippen LogP contribution in [0.25, 0.3) is 99.5 Å². The first-order chi connectivity index (χ1) is 59.1. The Balaban J connectivity index is 0.000000131. The average Bonchev–Trinajstić information content (AvgIpc) is 1.64. The number of anilines is 2. The Hall–Kier alpha value is -10.5.